The number of rotatable bonds is 0. The first-order valence-corrected chi connectivity index (χ1v) is 12.3. The number of nitrogens with zero attached hydrogens (tertiary/aromatic N) is 1. The fraction of sp³-hybridized carbons (Fsp3) is 0.0909. The van der Waals surface area contributed by atoms with Crippen molar-refractivity contribution >= 4 is 21.8 Å². The lowest BCUT2D eigenvalue weighted by Crippen LogP contribution is -2.08. The summed E-state index contributed by atoms with van der Waals surface area (Å²) in [5.41, 5.74) is 18.7. The molecule has 0 saturated heterocycles. The summed E-state index contributed by atoms with van der Waals surface area (Å²) in [5.74, 6) is 0. The van der Waals surface area contributed by atoms with Crippen LogP contribution in [0.1, 0.15) is 33.4 Å². The van der Waals surface area contributed by atoms with E-state index in [1.54, 1.807) is 0 Å². The number of aromatic nitrogens is 1. The minimum atomic E-state index is 1.01. The van der Waals surface area contributed by atoms with E-state index in [0.29, 0.717) is 0 Å². The zero-order valence-electron chi connectivity index (χ0n) is 18.7. The molecule has 9 rings (SSSR count). The van der Waals surface area contributed by atoms with Crippen LogP contribution >= 0.6 is 0 Å². The molecule has 0 unspecified atom stereocenters. The molecular formula is C33H21N. The van der Waals surface area contributed by atoms with Crippen molar-refractivity contribution in [2.45, 2.75) is 19.3 Å². The van der Waals surface area contributed by atoms with Crippen molar-refractivity contribution in [3.63, 3.8) is 0 Å². The summed E-state index contributed by atoms with van der Waals surface area (Å²) in [6, 6.07) is 34.4. The molecule has 0 atom stereocenters. The molecule has 1 aromatic heterocycles. The molecule has 0 amide bonds. The Balaban J connectivity index is 1.43. The van der Waals surface area contributed by atoms with Crippen LogP contribution in [-0.4, -0.2) is 4.57 Å². The number of hydrogen-bond donors (Lipinski definition) is 0. The zero-order chi connectivity index (χ0) is 22.0. The Morgan fingerprint density at radius 1 is 0.500 bits per heavy atom. The van der Waals surface area contributed by atoms with Crippen LogP contribution in [0.4, 0.5) is 0 Å². The van der Waals surface area contributed by atoms with Crippen molar-refractivity contribution < 1.29 is 0 Å². The average molecular weight is 432 g/mol. The van der Waals surface area contributed by atoms with Crippen LogP contribution in [-0.2, 0) is 19.3 Å². The van der Waals surface area contributed by atoms with Gasteiger partial charge in [-0.05, 0) is 86.7 Å². The molecule has 0 bridgehead atoms. The molecule has 158 valence electrons. The fourth-order valence-electron chi connectivity index (χ4n) is 7.04. The highest BCUT2D eigenvalue weighted by Crippen LogP contribution is 2.51. The van der Waals surface area contributed by atoms with E-state index in [-0.39, 0.29) is 0 Å². The minimum Gasteiger partial charge on any atom is -0.309 e. The van der Waals surface area contributed by atoms with Gasteiger partial charge in [-0.15, -0.1) is 0 Å². The maximum Gasteiger partial charge on any atom is 0.0583 e. The third-order valence-corrected chi connectivity index (χ3v) is 8.38. The van der Waals surface area contributed by atoms with E-state index in [1.807, 2.05) is 0 Å². The zero-order valence-corrected chi connectivity index (χ0v) is 18.7. The smallest absolute Gasteiger partial charge is 0.0583 e. The van der Waals surface area contributed by atoms with Crippen molar-refractivity contribution in [3.05, 3.63) is 124 Å². The molecule has 0 spiro atoms. The molecule has 0 N–H and O–H groups in total. The summed E-state index contributed by atoms with van der Waals surface area (Å²) in [4.78, 5) is 0. The van der Waals surface area contributed by atoms with Crippen molar-refractivity contribution in [3.8, 4) is 27.9 Å². The SMILES string of the molecule is c1ccc2c(c1)Cc1cc3c(cc1-2)-c1c(cc2c4c1c1ccccc1n4-c1ccccc1C2)C3. The van der Waals surface area contributed by atoms with E-state index in [9.17, 15) is 0 Å². The van der Waals surface area contributed by atoms with Gasteiger partial charge in [0.25, 0.3) is 0 Å². The normalized spacial score (nSPS) is 14.1. The van der Waals surface area contributed by atoms with Gasteiger partial charge in [0.05, 0.1) is 11.0 Å². The van der Waals surface area contributed by atoms with Gasteiger partial charge in [0.15, 0.2) is 0 Å². The minimum absolute atomic E-state index is 1.01. The van der Waals surface area contributed by atoms with Crippen LogP contribution in [0.25, 0.3) is 49.7 Å². The van der Waals surface area contributed by atoms with Gasteiger partial charge in [-0.2, -0.15) is 0 Å². The van der Waals surface area contributed by atoms with Crippen LogP contribution < -0.4 is 0 Å². The maximum atomic E-state index is 2.53. The number of benzene rings is 5. The second kappa shape index (κ2) is 5.87. The summed E-state index contributed by atoms with van der Waals surface area (Å²) >= 11 is 0. The van der Waals surface area contributed by atoms with Crippen LogP contribution in [0.15, 0.2) is 91.0 Å². The van der Waals surface area contributed by atoms with E-state index in [1.165, 1.54) is 83.1 Å². The fourth-order valence-corrected chi connectivity index (χ4v) is 7.04. The van der Waals surface area contributed by atoms with Crippen molar-refractivity contribution in [1.82, 2.24) is 4.57 Å². The Morgan fingerprint density at radius 3 is 2.18 bits per heavy atom. The molecule has 34 heavy (non-hydrogen) atoms. The molecule has 1 nitrogen and oxygen atoms in total. The standard InChI is InChI=1S/C33H21N/c1-3-9-25-19(7-1)13-21-15-22-16-23-17-24-14-20-8-2-5-11-29(20)34-30-12-6-4-10-26(30)32(33(24)34)31(23)28(22)18-27(21)25/h1-12,15,17-18H,13-14,16H2. The summed E-state index contributed by atoms with van der Waals surface area (Å²) in [7, 11) is 0. The molecule has 1 aliphatic heterocycles. The van der Waals surface area contributed by atoms with Gasteiger partial charge in [-0.3, -0.25) is 0 Å². The Morgan fingerprint density at radius 2 is 1.21 bits per heavy atom. The molecule has 6 aromatic rings. The lowest BCUT2D eigenvalue weighted by molar-refractivity contribution is 1.04. The quantitative estimate of drug-likeness (QED) is 0.231. The molecule has 0 fully saturated rings. The van der Waals surface area contributed by atoms with E-state index in [0.717, 1.165) is 19.3 Å². The summed E-state index contributed by atoms with van der Waals surface area (Å²) in [5, 5.41) is 2.82. The van der Waals surface area contributed by atoms with Gasteiger partial charge in [-0.25, -0.2) is 0 Å². The Bertz CT molecular complexity index is 1880. The highest BCUT2D eigenvalue weighted by atomic mass is 15.0. The van der Waals surface area contributed by atoms with Crippen molar-refractivity contribution in [2.24, 2.45) is 0 Å². The maximum absolute atomic E-state index is 2.53. The van der Waals surface area contributed by atoms with Crippen molar-refractivity contribution in [1.29, 1.82) is 0 Å². The summed E-state index contributed by atoms with van der Waals surface area (Å²) in [6.07, 6.45) is 3.11. The molecule has 5 aromatic carbocycles. The van der Waals surface area contributed by atoms with Crippen LogP contribution in [0, 0.1) is 0 Å². The highest BCUT2D eigenvalue weighted by molar-refractivity contribution is 6.19. The largest absolute Gasteiger partial charge is 0.309 e. The lowest BCUT2D eigenvalue weighted by Gasteiger charge is -2.21. The van der Waals surface area contributed by atoms with E-state index in [4.69, 9.17) is 0 Å². The van der Waals surface area contributed by atoms with Crippen LogP contribution in [0.3, 0.4) is 0 Å². The van der Waals surface area contributed by atoms with Crippen molar-refractivity contribution in [2.75, 3.05) is 0 Å². The molecule has 2 heterocycles. The number of fused-ring (bicyclic) bond motifs is 12. The number of para-hydroxylation sites is 2. The second-order valence-corrected chi connectivity index (χ2v) is 10.1. The monoisotopic (exact) mass is 431 g/mol. The van der Waals surface area contributed by atoms with Crippen LogP contribution in [0.5, 0.6) is 0 Å². The van der Waals surface area contributed by atoms with E-state index >= 15 is 0 Å². The first-order chi connectivity index (χ1) is 16.8. The van der Waals surface area contributed by atoms with Gasteiger partial charge >= 0.3 is 0 Å². The Hall–Kier alpha value is -4.10. The van der Waals surface area contributed by atoms with Gasteiger partial charge < -0.3 is 4.57 Å². The van der Waals surface area contributed by atoms with Crippen LogP contribution in [0.2, 0.25) is 0 Å². The van der Waals surface area contributed by atoms with Gasteiger partial charge in [0.1, 0.15) is 0 Å². The Kier molecular flexibility index (Phi) is 3.00. The number of hydrogen-bond acceptors (Lipinski definition) is 0. The van der Waals surface area contributed by atoms with E-state index < -0.39 is 0 Å². The molecule has 3 aliphatic rings. The molecule has 1 heteroatoms. The molecule has 2 aliphatic carbocycles. The van der Waals surface area contributed by atoms with Gasteiger partial charge in [-0.1, -0.05) is 72.8 Å². The Labute approximate surface area is 197 Å². The third kappa shape index (κ3) is 1.98. The lowest BCUT2D eigenvalue weighted by atomic mass is 9.91. The summed E-state index contributed by atoms with van der Waals surface area (Å²) in [6.45, 7) is 0. The predicted molar refractivity (Wildman–Crippen MR) is 140 cm³/mol. The van der Waals surface area contributed by atoms with E-state index in [2.05, 4.69) is 95.6 Å². The molecule has 0 radical (unpaired) electrons. The highest BCUT2D eigenvalue weighted by Gasteiger charge is 2.31. The molecular weight excluding hydrogens is 410 g/mol. The first-order valence-electron chi connectivity index (χ1n) is 12.3. The van der Waals surface area contributed by atoms with Gasteiger partial charge in [0, 0.05) is 22.9 Å². The average Bonchev–Trinajstić information content (AvgIpc) is 3.52. The third-order valence-electron chi connectivity index (χ3n) is 8.38. The molecule has 0 saturated carbocycles. The first kappa shape index (κ1) is 17.4. The topological polar surface area (TPSA) is 4.93 Å². The second-order valence-electron chi connectivity index (χ2n) is 10.1. The van der Waals surface area contributed by atoms with Gasteiger partial charge in [0.2, 0.25) is 0 Å². The summed E-state index contributed by atoms with van der Waals surface area (Å²) < 4.78 is 2.53. The predicted octanol–water partition coefficient (Wildman–Crippen LogP) is 7.83.